The first-order chi connectivity index (χ1) is 10.4. The molecular formula is C15H19ClN2O4. The van der Waals surface area contributed by atoms with Gasteiger partial charge in [-0.25, -0.2) is 4.79 Å². The summed E-state index contributed by atoms with van der Waals surface area (Å²) in [5, 5.41) is 12.2. The van der Waals surface area contributed by atoms with E-state index in [-0.39, 0.29) is 19.1 Å². The van der Waals surface area contributed by atoms with Crippen molar-refractivity contribution in [3.05, 3.63) is 28.3 Å². The number of rotatable bonds is 5. The fraction of sp³-hybridized carbons (Fsp3) is 0.467. The molecule has 2 rings (SSSR count). The van der Waals surface area contributed by atoms with Crippen LogP contribution in [0.25, 0.3) is 0 Å². The number of hydrogen-bond acceptors (Lipinski definition) is 3. The lowest BCUT2D eigenvalue weighted by Crippen LogP contribution is -2.40. The Bertz CT molecular complexity index is 591. The van der Waals surface area contributed by atoms with E-state index in [0.717, 1.165) is 23.3 Å². The van der Waals surface area contributed by atoms with Crippen LogP contribution in [0.2, 0.25) is 5.02 Å². The van der Waals surface area contributed by atoms with Gasteiger partial charge in [0.15, 0.2) is 0 Å². The van der Waals surface area contributed by atoms with Gasteiger partial charge in [-0.05, 0) is 17.7 Å². The maximum atomic E-state index is 12.0. The number of nitrogens with one attached hydrogen (secondary N) is 1. The molecule has 0 saturated carbocycles. The van der Waals surface area contributed by atoms with E-state index in [9.17, 15) is 9.59 Å². The van der Waals surface area contributed by atoms with Crippen LogP contribution in [0.5, 0.6) is 5.75 Å². The average molecular weight is 327 g/mol. The normalized spacial score (nSPS) is 14.0. The first-order valence-corrected chi connectivity index (χ1v) is 7.42. The minimum Gasteiger partial charge on any atom is -0.493 e. The van der Waals surface area contributed by atoms with Crippen LogP contribution >= 0.6 is 11.6 Å². The molecule has 1 aromatic carbocycles. The van der Waals surface area contributed by atoms with Crippen molar-refractivity contribution < 1.29 is 19.4 Å². The topological polar surface area (TPSA) is 78.9 Å². The van der Waals surface area contributed by atoms with Crippen molar-refractivity contribution in [2.45, 2.75) is 19.9 Å². The number of fused-ring (bicyclic) bond motifs is 1. The lowest BCUT2D eigenvalue weighted by atomic mass is 10.1. The largest absolute Gasteiger partial charge is 0.493 e. The molecule has 0 spiro atoms. The number of halogens is 1. The number of hydrogen-bond donors (Lipinski definition) is 2. The number of amides is 2. The van der Waals surface area contributed by atoms with Crippen LogP contribution in [0.4, 0.5) is 4.79 Å². The zero-order valence-corrected chi connectivity index (χ0v) is 13.3. The minimum absolute atomic E-state index is 0.144. The number of urea groups is 1. The van der Waals surface area contributed by atoms with Crippen LogP contribution in [0.15, 0.2) is 12.1 Å². The Morgan fingerprint density at radius 3 is 2.91 bits per heavy atom. The SMILES string of the molecule is CC(CN(C)C(=O)NCc1cc(Cl)cc2c1OCC2)C(=O)O. The van der Waals surface area contributed by atoms with E-state index in [1.54, 1.807) is 20.0 Å². The summed E-state index contributed by atoms with van der Waals surface area (Å²) in [7, 11) is 1.56. The third kappa shape index (κ3) is 3.82. The Labute approximate surface area is 134 Å². The summed E-state index contributed by atoms with van der Waals surface area (Å²) >= 11 is 6.07. The number of carbonyl (C=O) groups excluding carboxylic acids is 1. The van der Waals surface area contributed by atoms with E-state index in [2.05, 4.69) is 5.32 Å². The van der Waals surface area contributed by atoms with Crippen molar-refractivity contribution in [2.24, 2.45) is 5.92 Å². The molecule has 120 valence electrons. The fourth-order valence-electron chi connectivity index (χ4n) is 2.35. The highest BCUT2D eigenvalue weighted by molar-refractivity contribution is 6.30. The molecule has 1 atom stereocenters. The van der Waals surface area contributed by atoms with Gasteiger partial charge < -0.3 is 20.1 Å². The summed E-state index contributed by atoms with van der Waals surface area (Å²) in [6, 6.07) is 3.31. The van der Waals surface area contributed by atoms with Crippen LogP contribution in [0.3, 0.4) is 0 Å². The summed E-state index contributed by atoms with van der Waals surface area (Å²) in [4.78, 5) is 24.2. The van der Waals surface area contributed by atoms with Crippen molar-refractivity contribution in [3.63, 3.8) is 0 Å². The number of nitrogens with zero attached hydrogens (tertiary/aromatic N) is 1. The number of carboxylic acid groups (broad SMARTS) is 1. The zero-order valence-electron chi connectivity index (χ0n) is 12.6. The number of aliphatic carboxylic acids is 1. The van der Waals surface area contributed by atoms with Gasteiger partial charge in [-0.3, -0.25) is 4.79 Å². The third-order valence-electron chi connectivity index (χ3n) is 3.57. The molecule has 2 N–H and O–H groups in total. The van der Waals surface area contributed by atoms with Gasteiger partial charge in [0.25, 0.3) is 0 Å². The molecule has 7 heteroatoms. The summed E-state index contributed by atoms with van der Waals surface area (Å²) in [5.74, 6) is -0.763. The summed E-state index contributed by atoms with van der Waals surface area (Å²) in [6.07, 6.45) is 0.812. The second-order valence-electron chi connectivity index (χ2n) is 5.43. The van der Waals surface area contributed by atoms with Crippen molar-refractivity contribution in [2.75, 3.05) is 20.2 Å². The van der Waals surface area contributed by atoms with Gasteiger partial charge >= 0.3 is 12.0 Å². The Morgan fingerprint density at radius 2 is 2.23 bits per heavy atom. The molecule has 0 saturated heterocycles. The molecule has 0 radical (unpaired) electrons. The zero-order chi connectivity index (χ0) is 16.3. The molecule has 1 aliphatic rings. The van der Waals surface area contributed by atoms with Crippen molar-refractivity contribution in [1.82, 2.24) is 10.2 Å². The van der Waals surface area contributed by atoms with E-state index >= 15 is 0 Å². The molecule has 22 heavy (non-hydrogen) atoms. The molecule has 1 unspecified atom stereocenters. The maximum absolute atomic E-state index is 12.0. The van der Waals surface area contributed by atoms with Crippen molar-refractivity contribution in [3.8, 4) is 5.75 Å². The fourth-order valence-corrected chi connectivity index (χ4v) is 2.62. The number of benzene rings is 1. The van der Waals surface area contributed by atoms with E-state index in [1.807, 2.05) is 6.07 Å². The summed E-state index contributed by atoms with van der Waals surface area (Å²) in [6.45, 7) is 2.61. The lowest BCUT2D eigenvalue weighted by Gasteiger charge is -2.20. The Kier molecular flexibility index (Phi) is 5.13. The van der Waals surface area contributed by atoms with Gasteiger partial charge in [0.2, 0.25) is 0 Å². The smallest absolute Gasteiger partial charge is 0.317 e. The van der Waals surface area contributed by atoms with Crippen molar-refractivity contribution >= 4 is 23.6 Å². The van der Waals surface area contributed by atoms with E-state index in [0.29, 0.717) is 11.6 Å². The van der Waals surface area contributed by atoms with Crippen molar-refractivity contribution in [1.29, 1.82) is 0 Å². The van der Waals surface area contributed by atoms with Gasteiger partial charge in [-0.2, -0.15) is 0 Å². The van der Waals surface area contributed by atoms with Gasteiger partial charge in [-0.1, -0.05) is 18.5 Å². The molecule has 0 aromatic heterocycles. The van der Waals surface area contributed by atoms with Crippen LogP contribution in [0.1, 0.15) is 18.1 Å². The first-order valence-electron chi connectivity index (χ1n) is 7.04. The monoisotopic (exact) mass is 326 g/mol. The highest BCUT2D eigenvalue weighted by Gasteiger charge is 2.20. The quantitative estimate of drug-likeness (QED) is 0.869. The molecule has 0 fully saturated rings. The molecule has 1 aliphatic heterocycles. The first kappa shape index (κ1) is 16.4. The summed E-state index contributed by atoms with van der Waals surface area (Å²) < 4.78 is 5.57. The van der Waals surface area contributed by atoms with Gasteiger partial charge in [0.05, 0.1) is 12.5 Å². The number of carboxylic acids is 1. The Balaban J connectivity index is 1.96. The van der Waals surface area contributed by atoms with Crippen LogP contribution in [-0.2, 0) is 17.8 Å². The molecule has 1 aromatic rings. The minimum atomic E-state index is -0.930. The lowest BCUT2D eigenvalue weighted by molar-refractivity contribution is -0.141. The van der Waals surface area contributed by atoms with Crippen LogP contribution in [-0.4, -0.2) is 42.2 Å². The molecule has 0 bridgehead atoms. The van der Waals surface area contributed by atoms with Gasteiger partial charge in [0, 0.05) is 37.1 Å². The van der Waals surface area contributed by atoms with Crippen LogP contribution in [0, 0.1) is 5.92 Å². The van der Waals surface area contributed by atoms with Crippen LogP contribution < -0.4 is 10.1 Å². The molecule has 6 nitrogen and oxygen atoms in total. The second-order valence-corrected chi connectivity index (χ2v) is 5.87. The van der Waals surface area contributed by atoms with E-state index in [4.69, 9.17) is 21.4 Å². The summed E-state index contributed by atoms with van der Waals surface area (Å²) in [5.41, 5.74) is 1.87. The molecule has 0 aliphatic carbocycles. The predicted octanol–water partition coefficient (Wildman–Crippen LogP) is 2.14. The van der Waals surface area contributed by atoms with E-state index in [1.165, 1.54) is 4.90 Å². The highest BCUT2D eigenvalue weighted by Crippen LogP contribution is 2.32. The van der Waals surface area contributed by atoms with E-state index < -0.39 is 11.9 Å². The number of ether oxygens (including phenoxy) is 1. The Hall–Kier alpha value is -1.95. The van der Waals surface area contributed by atoms with Gasteiger partial charge in [-0.15, -0.1) is 0 Å². The predicted molar refractivity (Wildman–Crippen MR) is 82.3 cm³/mol. The average Bonchev–Trinajstić information content (AvgIpc) is 2.92. The number of carbonyl (C=O) groups is 2. The van der Waals surface area contributed by atoms with Gasteiger partial charge in [0.1, 0.15) is 5.75 Å². The maximum Gasteiger partial charge on any atom is 0.317 e. The third-order valence-corrected chi connectivity index (χ3v) is 3.79. The standard InChI is InChI=1S/C15H19ClN2O4/c1-9(14(19)20)8-18(2)15(21)17-7-11-6-12(16)5-10-3-4-22-13(10)11/h5-6,9H,3-4,7-8H2,1-2H3,(H,17,21)(H,19,20). The molecule has 1 heterocycles. The second kappa shape index (κ2) is 6.87. The molecular weight excluding hydrogens is 308 g/mol. The Morgan fingerprint density at radius 1 is 1.50 bits per heavy atom. The highest BCUT2D eigenvalue weighted by atomic mass is 35.5. The molecule has 2 amide bonds.